The van der Waals surface area contributed by atoms with Crippen LogP contribution in [0, 0.1) is 5.92 Å². The molecular formula is C26H34N4O2S. The van der Waals surface area contributed by atoms with Crippen molar-refractivity contribution in [2.24, 2.45) is 16.6 Å². The number of rotatable bonds is 6. The van der Waals surface area contributed by atoms with Crippen molar-refractivity contribution in [3.05, 3.63) is 65.7 Å². The van der Waals surface area contributed by atoms with Crippen molar-refractivity contribution in [1.82, 2.24) is 9.80 Å². The normalized spacial score (nSPS) is 19.5. The fraction of sp³-hybridized carbons (Fsp3) is 0.462. The number of carbonyl (C=O) groups is 1. The van der Waals surface area contributed by atoms with Gasteiger partial charge in [0.15, 0.2) is 11.6 Å². The van der Waals surface area contributed by atoms with E-state index in [0.717, 1.165) is 31.2 Å². The van der Waals surface area contributed by atoms with Crippen LogP contribution in [-0.4, -0.2) is 59.2 Å². The third-order valence-corrected chi connectivity index (χ3v) is 7.70. The molecule has 1 amide bonds. The van der Waals surface area contributed by atoms with Crippen LogP contribution >= 0.6 is 11.8 Å². The van der Waals surface area contributed by atoms with Crippen molar-refractivity contribution in [3.63, 3.8) is 0 Å². The fourth-order valence-electron chi connectivity index (χ4n) is 4.95. The molecule has 4 rings (SSSR count). The molecule has 1 aliphatic carbocycles. The SMILES string of the molecule is CSc1ccc(CN=C(N)N2CCN(C(=O)[C@](O)(c3ccccc3)C3CCCC3)CC2)cc1. The van der Waals surface area contributed by atoms with Crippen LogP contribution in [0.5, 0.6) is 0 Å². The van der Waals surface area contributed by atoms with E-state index >= 15 is 0 Å². The Morgan fingerprint density at radius 1 is 1.03 bits per heavy atom. The predicted molar refractivity (Wildman–Crippen MR) is 134 cm³/mol. The van der Waals surface area contributed by atoms with E-state index in [2.05, 4.69) is 35.5 Å². The van der Waals surface area contributed by atoms with Gasteiger partial charge in [-0.3, -0.25) is 4.79 Å². The number of hydrogen-bond donors (Lipinski definition) is 2. The summed E-state index contributed by atoms with van der Waals surface area (Å²) in [4.78, 5) is 23.3. The van der Waals surface area contributed by atoms with Gasteiger partial charge >= 0.3 is 0 Å². The van der Waals surface area contributed by atoms with E-state index in [1.54, 1.807) is 16.7 Å². The van der Waals surface area contributed by atoms with Gasteiger partial charge in [0.2, 0.25) is 0 Å². The Labute approximate surface area is 200 Å². The van der Waals surface area contributed by atoms with Crippen LogP contribution in [0.1, 0.15) is 36.8 Å². The van der Waals surface area contributed by atoms with Crippen LogP contribution in [0.15, 0.2) is 64.5 Å². The van der Waals surface area contributed by atoms with Crippen molar-refractivity contribution in [2.75, 3.05) is 32.4 Å². The zero-order valence-electron chi connectivity index (χ0n) is 19.3. The Balaban J connectivity index is 1.40. The second kappa shape index (κ2) is 10.6. The van der Waals surface area contributed by atoms with Gasteiger partial charge in [0, 0.05) is 37.0 Å². The van der Waals surface area contributed by atoms with E-state index in [-0.39, 0.29) is 11.8 Å². The fourth-order valence-corrected chi connectivity index (χ4v) is 5.36. The average molecular weight is 467 g/mol. The van der Waals surface area contributed by atoms with Gasteiger partial charge < -0.3 is 20.6 Å². The standard InChI is InChI=1S/C26H34N4O2S/c1-33-23-13-11-20(12-14-23)19-28-25(27)30-17-15-29(16-18-30)24(31)26(32,22-9-5-6-10-22)21-7-3-2-4-8-21/h2-4,7-8,11-14,22,32H,5-6,9-10,15-19H2,1H3,(H2,27,28)/t26-/m0/s1. The maximum absolute atomic E-state index is 13.6. The number of piperazine rings is 1. The van der Waals surface area contributed by atoms with E-state index in [4.69, 9.17) is 5.73 Å². The van der Waals surface area contributed by atoms with Crippen LogP contribution in [0.3, 0.4) is 0 Å². The highest BCUT2D eigenvalue weighted by atomic mass is 32.2. The van der Waals surface area contributed by atoms with E-state index in [9.17, 15) is 9.90 Å². The molecule has 0 bridgehead atoms. The highest BCUT2D eigenvalue weighted by Crippen LogP contribution is 2.42. The molecule has 1 heterocycles. The highest BCUT2D eigenvalue weighted by Gasteiger charge is 2.48. The van der Waals surface area contributed by atoms with Gasteiger partial charge in [-0.15, -0.1) is 11.8 Å². The molecule has 176 valence electrons. The Bertz CT molecular complexity index is 952. The molecule has 0 unspecified atom stereocenters. The third-order valence-electron chi connectivity index (χ3n) is 6.96. The van der Waals surface area contributed by atoms with E-state index in [1.807, 2.05) is 35.2 Å². The first-order valence-corrected chi connectivity index (χ1v) is 13.0. The minimum Gasteiger partial charge on any atom is -0.375 e. The molecule has 2 aromatic carbocycles. The number of aliphatic imine (C=N–C) groups is 1. The summed E-state index contributed by atoms with van der Waals surface area (Å²) in [6.45, 7) is 2.82. The lowest BCUT2D eigenvalue weighted by Gasteiger charge is -2.41. The Morgan fingerprint density at radius 2 is 1.64 bits per heavy atom. The van der Waals surface area contributed by atoms with Crippen LogP contribution in [-0.2, 0) is 16.9 Å². The van der Waals surface area contributed by atoms with Gasteiger partial charge in [0.1, 0.15) is 0 Å². The Kier molecular flexibility index (Phi) is 7.60. The lowest BCUT2D eigenvalue weighted by Crippen LogP contribution is -2.58. The molecule has 2 aliphatic rings. The van der Waals surface area contributed by atoms with Gasteiger partial charge in [-0.05, 0) is 42.4 Å². The van der Waals surface area contributed by atoms with Gasteiger partial charge in [-0.1, -0.05) is 55.3 Å². The number of benzene rings is 2. The number of nitrogens with zero attached hydrogens (tertiary/aromatic N) is 3. The van der Waals surface area contributed by atoms with Crippen LogP contribution < -0.4 is 5.73 Å². The van der Waals surface area contributed by atoms with E-state index < -0.39 is 5.60 Å². The van der Waals surface area contributed by atoms with Crippen molar-refractivity contribution in [3.8, 4) is 0 Å². The lowest BCUT2D eigenvalue weighted by atomic mass is 9.79. The summed E-state index contributed by atoms with van der Waals surface area (Å²) >= 11 is 1.72. The van der Waals surface area contributed by atoms with E-state index in [1.165, 1.54) is 4.90 Å². The average Bonchev–Trinajstić information content (AvgIpc) is 3.43. The van der Waals surface area contributed by atoms with Crippen molar-refractivity contribution >= 4 is 23.6 Å². The molecule has 1 saturated heterocycles. The summed E-state index contributed by atoms with van der Waals surface area (Å²) in [6, 6.07) is 17.8. The largest absolute Gasteiger partial charge is 0.375 e. The molecule has 7 heteroatoms. The molecule has 3 N–H and O–H groups in total. The molecule has 1 saturated carbocycles. The first-order chi connectivity index (χ1) is 16.0. The number of thioether (sulfide) groups is 1. The minimum absolute atomic E-state index is 0.0328. The van der Waals surface area contributed by atoms with Gasteiger partial charge in [0.25, 0.3) is 5.91 Å². The van der Waals surface area contributed by atoms with Gasteiger partial charge in [-0.25, -0.2) is 4.99 Å². The summed E-state index contributed by atoms with van der Waals surface area (Å²) in [5, 5.41) is 11.8. The molecule has 0 radical (unpaired) electrons. The number of nitrogens with two attached hydrogens (primary N) is 1. The van der Waals surface area contributed by atoms with Crippen molar-refractivity contribution < 1.29 is 9.90 Å². The quantitative estimate of drug-likeness (QED) is 0.387. The zero-order valence-corrected chi connectivity index (χ0v) is 20.1. The number of aliphatic hydroxyl groups is 1. The topological polar surface area (TPSA) is 82.2 Å². The molecule has 2 aromatic rings. The number of hydrogen-bond acceptors (Lipinski definition) is 4. The molecule has 0 spiro atoms. The Morgan fingerprint density at radius 3 is 2.24 bits per heavy atom. The van der Waals surface area contributed by atoms with Gasteiger partial charge in [-0.2, -0.15) is 0 Å². The summed E-state index contributed by atoms with van der Waals surface area (Å²) in [7, 11) is 0. The molecule has 33 heavy (non-hydrogen) atoms. The lowest BCUT2D eigenvalue weighted by molar-refractivity contribution is -0.160. The first-order valence-electron chi connectivity index (χ1n) is 11.8. The highest BCUT2D eigenvalue weighted by molar-refractivity contribution is 7.98. The Hall–Kier alpha value is -2.51. The summed E-state index contributed by atoms with van der Waals surface area (Å²) in [6.07, 6.45) is 5.95. The maximum Gasteiger partial charge on any atom is 0.259 e. The van der Waals surface area contributed by atoms with Crippen LogP contribution in [0.2, 0.25) is 0 Å². The van der Waals surface area contributed by atoms with Gasteiger partial charge in [0.05, 0.1) is 6.54 Å². The van der Waals surface area contributed by atoms with Crippen molar-refractivity contribution in [1.29, 1.82) is 0 Å². The molecule has 6 nitrogen and oxygen atoms in total. The number of carbonyl (C=O) groups excluding carboxylic acids is 1. The van der Waals surface area contributed by atoms with Crippen LogP contribution in [0.4, 0.5) is 0 Å². The predicted octanol–water partition coefficient (Wildman–Crippen LogP) is 3.45. The summed E-state index contributed by atoms with van der Waals surface area (Å²) < 4.78 is 0. The monoisotopic (exact) mass is 466 g/mol. The maximum atomic E-state index is 13.6. The molecule has 1 aliphatic heterocycles. The smallest absolute Gasteiger partial charge is 0.259 e. The molecule has 1 atom stereocenters. The number of guanidine groups is 1. The zero-order chi connectivity index (χ0) is 23.3. The van der Waals surface area contributed by atoms with E-state index in [0.29, 0.717) is 44.2 Å². The minimum atomic E-state index is -1.46. The second-order valence-corrected chi connectivity index (χ2v) is 9.80. The summed E-state index contributed by atoms with van der Waals surface area (Å²) in [5.74, 6) is 0.296. The first kappa shape index (κ1) is 23.6. The second-order valence-electron chi connectivity index (χ2n) is 8.92. The van der Waals surface area contributed by atoms with Crippen LogP contribution in [0.25, 0.3) is 0 Å². The summed E-state index contributed by atoms with van der Waals surface area (Å²) in [5.41, 5.74) is 6.64. The molecule has 2 fully saturated rings. The number of amides is 1. The van der Waals surface area contributed by atoms with Crippen molar-refractivity contribution in [2.45, 2.75) is 42.7 Å². The molecule has 0 aromatic heterocycles. The third kappa shape index (κ3) is 5.20. The molecular weight excluding hydrogens is 432 g/mol.